The fourth-order valence-electron chi connectivity index (χ4n) is 1.60. The lowest BCUT2D eigenvalue weighted by atomic mass is 9.97. The van der Waals surface area contributed by atoms with Crippen LogP contribution in [-0.4, -0.2) is 37.8 Å². The summed E-state index contributed by atoms with van der Waals surface area (Å²) in [6.07, 6.45) is 1.66. The van der Waals surface area contributed by atoms with E-state index in [9.17, 15) is 4.79 Å². The lowest BCUT2D eigenvalue weighted by Crippen LogP contribution is -2.49. The van der Waals surface area contributed by atoms with Crippen LogP contribution in [0, 0.1) is 0 Å². The summed E-state index contributed by atoms with van der Waals surface area (Å²) >= 11 is 0. The second-order valence-corrected chi connectivity index (χ2v) is 3.98. The Balaban J connectivity index is 2.90. The Morgan fingerprint density at radius 2 is 2.28 bits per heavy atom. The largest absolute Gasteiger partial charge is 0.464 e. The molecule has 0 spiro atoms. The van der Waals surface area contributed by atoms with Gasteiger partial charge < -0.3 is 9.47 Å². The zero-order valence-electron chi connectivity index (χ0n) is 11.1. The number of carbonyl (C=O) groups is 1. The molecule has 1 aromatic rings. The molecule has 1 aromatic heterocycles. The van der Waals surface area contributed by atoms with Gasteiger partial charge in [0.2, 0.25) is 0 Å². The molecule has 1 unspecified atom stereocenters. The van der Waals surface area contributed by atoms with E-state index < -0.39 is 5.54 Å². The molecule has 0 aliphatic rings. The lowest BCUT2D eigenvalue weighted by molar-refractivity contribution is -0.151. The number of rotatable bonds is 7. The van der Waals surface area contributed by atoms with Crippen molar-refractivity contribution >= 4 is 5.97 Å². The minimum Gasteiger partial charge on any atom is -0.464 e. The van der Waals surface area contributed by atoms with Crippen molar-refractivity contribution in [3.63, 3.8) is 0 Å². The number of carbonyl (C=O) groups excluding carboxylic acids is 1. The average Bonchev–Trinajstić information content (AvgIpc) is 2.40. The number of pyridine rings is 1. The number of nitrogens with zero attached hydrogens (tertiary/aromatic N) is 1. The minimum absolute atomic E-state index is 0.334. The van der Waals surface area contributed by atoms with Crippen molar-refractivity contribution in [2.45, 2.75) is 19.4 Å². The van der Waals surface area contributed by atoms with Crippen LogP contribution in [0.1, 0.15) is 19.5 Å². The van der Waals surface area contributed by atoms with Crippen LogP contribution >= 0.6 is 0 Å². The Labute approximate surface area is 108 Å². The summed E-state index contributed by atoms with van der Waals surface area (Å²) in [6.45, 7) is 4.95. The molecular weight excluding hydrogens is 232 g/mol. The summed E-state index contributed by atoms with van der Waals surface area (Å²) in [4.78, 5) is 16.3. The van der Waals surface area contributed by atoms with Crippen LogP contribution in [0.2, 0.25) is 0 Å². The standard InChI is InChI=1S/C13H20N2O3/c1-4-18-12(16)13(2,15-9-10-17-3)11-7-5-6-8-14-11/h5-8,15H,4,9-10H2,1-3H3. The number of ether oxygens (including phenoxy) is 2. The van der Waals surface area contributed by atoms with Crippen molar-refractivity contribution in [2.75, 3.05) is 26.9 Å². The highest BCUT2D eigenvalue weighted by atomic mass is 16.5. The number of hydrogen-bond donors (Lipinski definition) is 1. The maximum Gasteiger partial charge on any atom is 0.332 e. The summed E-state index contributed by atoms with van der Waals surface area (Å²) in [7, 11) is 1.62. The van der Waals surface area contributed by atoms with Crippen LogP contribution < -0.4 is 5.32 Å². The molecule has 5 nitrogen and oxygen atoms in total. The molecule has 0 saturated heterocycles. The summed E-state index contributed by atoms with van der Waals surface area (Å²) in [6, 6.07) is 5.46. The zero-order chi connectivity index (χ0) is 13.4. The molecular formula is C13H20N2O3. The lowest BCUT2D eigenvalue weighted by Gasteiger charge is -2.27. The Kier molecular flexibility index (Phi) is 5.74. The summed E-state index contributed by atoms with van der Waals surface area (Å²) in [5.41, 5.74) is -0.310. The minimum atomic E-state index is -0.949. The zero-order valence-corrected chi connectivity index (χ0v) is 11.1. The summed E-state index contributed by atoms with van der Waals surface area (Å²) < 4.78 is 10.1. The van der Waals surface area contributed by atoms with Gasteiger partial charge in [0, 0.05) is 19.9 Å². The number of hydrogen-bond acceptors (Lipinski definition) is 5. The predicted molar refractivity (Wildman–Crippen MR) is 68.1 cm³/mol. The van der Waals surface area contributed by atoms with Gasteiger partial charge in [-0.15, -0.1) is 0 Å². The van der Waals surface area contributed by atoms with Crippen LogP contribution in [0.3, 0.4) is 0 Å². The van der Waals surface area contributed by atoms with Gasteiger partial charge in [-0.3, -0.25) is 10.3 Å². The SMILES string of the molecule is CCOC(=O)C(C)(NCCOC)c1ccccn1. The van der Waals surface area contributed by atoms with Crippen molar-refractivity contribution in [1.82, 2.24) is 10.3 Å². The Morgan fingerprint density at radius 1 is 1.50 bits per heavy atom. The first kappa shape index (κ1) is 14.6. The third kappa shape index (κ3) is 3.51. The molecule has 0 amide bonds. The van der Waals surface area contributed by atoms with Crippen molar-refractivity contribution in [1.29, 1.82) is 0 Å². The summed E-state index contributed by atoms with van der Waals surface area (Å²) in [5.74, 6) is -0.334. The highest BCUT2D eigenvalue weighted by Gasteiger charge is 2.37. The molecule has 1 atom stereocenters. The first-order chi connectivity index (χ1) is 8.65. The molecule has 0 bridgehead atoms. The van der Waals surface area contributed by atoms with Gasteiger partial charge >= 0.3 is 5.97 Å². The van der Waals surface area contributed by atoms with E-state index in [1.165, 1.54) is 0 Å². The maximum absolute atomic E-state index is 12.1. The van der Waals surface area contributed by atoms with Crippen LogP contribution in [0.15, 0.2) is 24.4 Å². The first-order valence-corrected chi connectivity index (χ1v) is 5.97. The highest BCUT2D eigenvalue weighted by molar-refractivity contribution is 5.81. The van der Waals surface area contributed by atoms with Crippen molar-refractivity contribution < 1.29 is 14.3 Å². The van der Waals surface area contributed by atoms with E-state index in [4.69, 9.17) is 9.47 Å². The second-order valence-electron chi connectivity index (χ2n) is 3.98. The third-order valence-electron chi connectivity index (χ3n) is 2.65. The predicted octanol–water partition coefficient (Wildman–Crippen LogP) is 1.10. The number of esters is 1. The van der Waals surface area contributed by atoms with Crippen LogP contribution in [0.25, 0.3) is 0 Å². The second kappa shape index (κ2) is 7.08. The van der Waals surface area contributed by atoms with Crippen molar-refractivity contribution in [2.24, 2.45) is 0 Å². The quantitative estimate of drug-likeness (QED) is 0.581. The average molecular weight is 252 g/mol. The van der Waals surface area contributed by atoms with Gasteiger partial charge in [-0.25, -0.2) is 4.79 Å². The normalized spacial score (nSPS) is 13.9. The molecule has 18 heavy (non-hydrogen) atoms. The van der Waals surface area contributed by atoms with Gasteiger partial charge in [0.1, 0.15) is 0 Å². The van der Waals surface area contributed by atoms with Gasteiger partial charge in [0.25, 0.3) is 0 Å². The number of nitrogens with one attached hydrogen (secondary N) is 1. The molecule has 0 radical (unpaired) electrons. The molecule has 0 fully saturated rings. The fraction of sp³-hybridized carbons (Fsp3) is 0.538. The number of aromatic nitrogens is 1. The molecule has 0 aliphatic heterocycles. The van der Waals surface area contributed by atoms with Crippen LogP contribution in [0.4, 0.5) is 0 Å². The topological polar surface area (TPSA) is 60.5 Å². The van der Waals surface area contributed by atoms with E-state index >= 15 is 0 Å². The van der Waals surface area contributed by atoms with Crippen LogP contribution in [0.5, 0.6) is 0 Å². The fourth-order valence-corrected chi connectivity index (χ4v) is 1.60. The molecule has 0 aliphatic carbocycles. The van der Waals surface area contributed by atoms with Gasteiger partial charge in [0.15, 0.2) is 5.54 Å². The molecule has 100 valence electrons. The van der Waals surface area contributed by atoms with Gasteiger partial charge in [0.05, 0.1) is 18.9 Å². The Bertz CT molecular complexity index is 370. The van der Waals surface area contributed by atoms with E-state index in [1.807, 2.05) is 12.1 Å². The molecule has 1 heterocycles. The monoisotopic (exact) mass is 252 g/mol. The van der Waals surface area contributed by atoms with Crippen molar-refractivity contribution in [3.05, 3.63) is 30.1 Å². The number of methoxy groups -OCH3 is 1. The van der Waals surface area contributed by atoms with Gasteiger partial charge in [-0.05, 0) is 26.0 Å². The smallest absolute Gasteiger partial charge is 0.332 e. The molecule has 1 rings (SSSR count). The third-order valence-corrected chi connectivity index (χ3v) is 2.65. The van der Waals surface area contributed by atoms with Gasteiger partial charge in [-0.2, -0.15) is 0 Å². The maximum atomic E-state index is 12.1. The van der Waals surface area contributed by atoms with Crippen molar-refractivity contribution in [3.8, 4) is 0 Å². The van der Waals surface area contributed by atoms with Crippen LogP contribution in [-0.2, 0) is 19.8 Å². The molecule has 0 aromatic carbocycles. The molecule has 5 heteroatoms. The highest BCUT2D eigenvalue weighted by Crippen LogP contribution is 2.20. The van der Waals surface area contributed by atoms with E-state index in [1.54, 1.807) is 33.2 Å². The first-order valence-electron chi connectivity index (χ1n) is 5.97. The molecule has 0 saturated carbocycles. The van der Waals surface area contributed by atoms with E-state index in [-0.39, 0.29) is 5.97 Å². The van der Waals surface area contributed by atoms with E-state index in [2.05, 4.69) is 10.3 Å². The Hall–Kier alpha value is -1.46. The Morgan fingerprint density at radius 3 is 2.83 bits per heavy atom. The van der Waals surface area contributed by atoms with Gasteiger partial charge in [-0.1, -0.05) is 6.07 Å². The molecule has 1 N–H and O–H groups in total. The van der Waals surface area contributed by atoms with E-state index in [0.29, 0.717) is 25.5 Å². The van der Waals surface area contributed by atoms with E-state index in [0.717, 1.165) is 0 Å². The summed E-state index contributed by atoms with van der Waals surface area (Å²) in [5, 5.41) is 3.14.